The SMILES string of the molecule is O=C1N[C@H](CO)C(=O)N2CCN(Cc3cccc(F)c3)C[C@H]12. The molecule has 0 saturated carbocycles. The first-order chi connectivity index (χ1) is 10.6. The average Bonchev–Trinajstić information content (AvgIpc) is 2.51. The van der Waals surface area contributed by atoms with Gasteiger partial charge in [-0.25, -0.2) is 4.39 Å². The summed E-state index contributed by atoms with van der Waals surface area (Å²) < 4.78 is 13.2. The number of hydrogen-bond acceptors (Lipinski definition) is 4. The van der Waals surface area contributed by atoms with Crippen molar-refractivity contribution in [1.82, 2.24) is 15.1 Å². The second kappa shape index (κ2) is 6.02. The molecule has 22 heavy (non-hydrogen) atoms. The molecule has 0 spiro atoms. The van der Waals surface area contributed by atoms with Gasteiger partial charge in [0.2, 0.25) is 11.8 Å². The highest BCUT2D eigenvalue weighted by molar-refractivity contribution is 5.97. The minimum absolute atomic E-state index is 0.238. The molecule has 3 rings (SSSR count). The van der Waals surface area contributed by atoms with Crippen LogP contribution in [0.25, 0.3) is 0 Å². The highest BCUT2D eigenvalue weighted by Crippen LogP contribution is 2.18. The number of carbonyl (C=O) groups excluding carboxylic acids is 2. The van der Waals surface area contributed by atoms with Crippen LogP contribution < -0.4 is 5.32 Å². The van der Waals surface area contributed by atoms with Gasteiger partial charge in [-0.2, -0.15) is 0 Å². The van der Waals surface area contributed by atoms with Crippen LogP contribution in [0.5, 0.6) is 0 Å². The summed E-state index contributed by atoms with van der Waals surface area (Å²) in [6.45, 7) is 1.60. The minimum Gasteiger partial charge on any atom is -0.394 e. The van der Waals surface area contributed by atoms with Gasteiger partial charge in [0.05, 0.1) is 6.61 Å². The lowest BCUT2D eigenvalue weighted by atomic mass is 10.0. The third-order valence-corrected chi connectivity index (χ3v) is 4.14. The Morgan fingerprint density at radius 2 is 2.14 bits per heavy atom. The maximum atomic E-state index is 13.2. The van der Waals surface area contributed by atoms with Crippen molar-refractivity contribution in [1.29, 1.82) is 0 Å². The van der Waals surface area contributed by atoms with Crippen molar-refractivity contribution in [3.8, 4) is 0 Å². The van der Waals surface area contributed by atoms with E-state index < -0.39 is 12.1 Å². The van der Waals surface area contributed by atoms with Gasteiger partial charge in [0.15, 0.2) is 0 Å². The Kier molecular flexibility index (Phi) is 4.08. The van der Waals surface area contributed by atoms with Crippen molar-refractivity contribution < 1.29 is 19.1 Å². The van der Waals surface area contributed by atoms with Gasteiger partial charge < -0.3 is 15.3 Å². The standard InChI is InChI=1S/C15H18FN3O3/c16-11-3-1-2-10(6-11)7-18-4-5-19-13(8-18)14(21)17-12(9-20)15(19)22/h1-3,6,12-13,20H,4-5,7-9H2,(H,17,21)/t12-,13-/m1/s1. The average molecular weight is 307 g/mol. The number of nitrogens with zero attached hydrogens (tertiary/aromatic N) is 2. The van der Waals surface area contributed by atoms with Gasteiger partial charge in [-0.15, -0.1) is 0 Å². The van der Waals surface area contributed by atoms with Gasteiger partial charge >= 0.3 is 0 Å². The molecule has 1 aromatic rings. The van der Waals surface area contributed by atoms with Crippen molar-refractivity contribution in [3.05, 3.63) is 35.6 Å². The monoisotopic (exact) mass is 307 g/mol. The third kappa shape index (κ3) is 2.82. The summed E-state index contributed by atoms with van der Waals surface area (Å²) in [4.78, 5) is 27.8. The van der Waals surface area contributed by atoms with E-state index in [9.17, 15) is 14.0 Å². The summed E-state index contributed by atoms with van der Waals surface area (Å²) in [5, 5.41) is 11.7. The molecule has 0 radical (unpaired) electrons. The number of aliphatic hydroxyl groups excluding tert-OH is 1. The van der Waals surface area contributed by atoms with E-state index in [4.69, 9.17) is 5.11 Å². The topological polar surface area (TPSA) is 72.9 Å². The van der Waals surface area contributed by atoms with Gasteiger partial charge in [0.25, 0.3) is 0 Å². The second-order valence-electron chi connectivity index (χ2n) is 5.66. The Morgan fingerprint density at radius 1 is 1.32 bits per heavy atom. The lowest BCUT2D eigenvalue weighted by Gasteiger charge is -2.45. The van der Waals surface area contributed by atoms with Gasteiger partial charge in [-0.05, 0) is 17.7 Å². The van der Waals surface area contributed by atoms with E-state index in [-0.39, 0.29) is 24.2 Å². The number of fused-ring (bicyclic) bond motifs is 1. The highest BCUT2D eigenvalue weighted by Gasteiger charge is 2.42. The van der Waals surface area contributed by atoms with E-state index in [1.54, 1.807) is 6.07 Å². The van der Waals surface area contributed by atoms with Crippen LogP contribution in [-0.2, 0) is 16.1 Å². The van der Waals surface area contributed by atoms with E-state index in [0.717, 1.165) is 5.56 Å². The fraction of sp³-hybridized carbons (Fsp3) is 0.467. The molecule has 7 heteroatoms. The lowest BCUT2D eigenvalue weighted by molar-refractivity contribution is -0.154. The maximum absolute atomic E-state index is 13.2. The summed E-state index contributed by atoms with van der Waals surface area (Å²) in [5.74, 6) is -0.771. The molecule has 2 heterocycles. The zero-order valence-corrected chi connectivity index (χ0v) is 12.0. The summed E-state index contributed by atoms with van der Waals surface area (Å²) in [5.41, 5.74) is 0.837. The summed E-state index contributed by atoms with van der Waals surface area (Å²) in [7, 11) is 0. The van der Waals surface area contributed by atoms with Crippen molar-refractivity contribution in [2.45, 2.75) is 18.6 Å². The Labute approximate surface area is 127 Å². The van der Waals surface area contributed by atoms with E-state index in [1.165, 1.54) is 17.0 Å². The number of hydrogen-bond donors (Lipinski definition) is 2. The van der Waals surface area contributed by atoms with Crippen LogP contribution in [-0.4, -0.2) is 65.0 Å². The van der Waals surface area contributed by atoms with Crippen molar-refractivity contribution in [3.63, 3.8) is 0 Å². The van der Waals surface area contributed by atoms with Crippen LogP contribution in [0.4, 0.5) is 4.39 Å². The Hall–Kier alpha value is -1.99. The molecule has 2 saturated heterocycles. The van der Waals surface area contributed by atoms with Gasteiger partial charge in [-0.3, -0.25) is 14.5 Å². The smallest absolute Gasteiger partial charge is 0.248 e. The van der Waals surface area contributed by atoms with Gasteiger partial charge in [0.1, 0.15) is 17.9 Å². The maximum Gasteiger partial charge on any atom is 0.248 e. The van der Waals surface area contributed by atoms with Crippen molar-refractivity contribution in [2.75, 3.05) is 26.2 Å². The minimum atomic E-state index is -0.835. The molecule has 2 fully saturated rings. The summed E-state index contributed by atoms with van der Waals surface area (Å²) in [6.07, 6.45) is 0. The van der Waals surface area contributed by atoms with Crippen LogP contribution >= 0.6 is 0 Å². The molecule has 2 aliphatic rings. The highest BCUT2D eigenvalue weighted by atomic mass is 19.1. The molecule has 2 atom stereocenters. The van der Waals surface area contributed by atoms with Gasteiger partial charge in [0, 0.05) is 26.2 Å². The van der Waals surface area contributed by atoms with Crippen LogP contribution in [0.2, 0.25) is 0 Å². The van der Waals surface area contributed by atoms with Crippen LogP contribution in [0, 0.1) is 5.82 Å². The molecule has 6 nitrogen and oxygen atoms in total. The zero-order chi connectivity index (χ0) is 15.7. The summed E-state index contributed by atoms with van der Waals surface area (Å²) in [6, 6.07) is 4.98. The fourth-order valence-corrected chi connectivity index (χ4v) is 3.02. The predicted molar refractivity (Wildman–Crippen MR) is 76.2 cm³/mol. The van der Waals surface area contributed by atoms with Crippen LogP contribution in [0.1, 0.15) is 5.56 Å². The van der Waals surface area contributed by atoms with Crippen molar-refractivity contribution >= 4 is 11.8 Å². The number of amides is 2. The number of aliphatic hydroxyl groups is 1. The van der Waals surface area contributed by atoms with Crippen LogP contribution in [0.15, 0.2) is 24.3 Å². The zero-order valence-electron chi connectivity index (χ0n) is 12.0. The van der Waals surface area contributed by atoms with Gasteiger partial charge in [-0.1, -0.05) is 12.1 Å². The molecule has 0 aromatic heterocycles. The van der Waals surface area contributed by atoms with Crippen LogP contribution in [0.3, 0.4) is 0 Å². The Morgan fingerprint density at radius 3 is 2.86 bits per heavy atom. The number of benzene rings is 1. The number of nitrogens with one attached hydrogen (secondary N) is 1. The molecule has 118 valence electrons. The lowest BCUT2D eigenvalue weighted by Crippen LogP contribution is -2.69. The van der Waals surface area contributed by atoms with Crippen molar-refractivity contribution in [2.24, 2.45) is 0 Å². The number of piperazine rings is 2. The molecule has 1 aromatic carbocycles. The quantitative estimate of drug-likeness (QED) is 0.777. The molecule has 0 aliphatic carbocycles. The fourth-order valence-electron chi connectivity index (χ4n) is 3.02. The van der Waals surface area contributed by atoms with E-state index in [1.807, 2.05) is 11.0 Å². The molecule has 0 unspecified atom stereocenters. The Balaban J connectivity index is 1.68. The number of rotatable bonds is 3. The first-order valence-corrected chi connectivity index (χ1v) is 7.27. The van der Waals surface area contributed by atoms with E-state index >= 15 is 0 Å². The molecule has 2 amide bonds. The molecular weight excluding hydrogens is 289 g/mol. The Bertz CT molecular complexity index is 595. The normalized spacial score (nSPS) is 25.8. The molecule has 2 N–H and O–H groups in total. The van der Waals surface area contributed by atoms with E-state index in [2.05, 4.69) is 5.32 Å². The first-order valence-electron chi connectivity index (χ1n) is 7.27. The molecule has 2 aliphatic heterocycles. The third-order valence-electron chi connectivity index (χ3n) is 4.14. The second-order valence-corrected chi connectivity index (χ2v) is 5.66. The molecule has 0 bridgehead atoms. The first kappa shape index (κ1) is 14.9. The molecular formula is C15H18FN3O3. The largest absolute Gasteiger partial charge is 0.394 e. The van der Waals surface area contributed by atoms with E-state index in [0.29, 0.717) is 26.2 Å². The number of carbonyl (C=O) groups is 2. The number of halogens is 1. The predicted octanol–water partition coefficient (Wildman–Crippen LogP) is -0.671. The summed E-state index contributed by atoms with van der Waals surface area (Å²) >= 11 is 0.